The Morgan fingerprint density at radius 3 is 2.67 bits per heavy atom. The largest absolute Gasteiger partial charge is 0.283 e. The molecule has 1 saturated heterocycles. The number of thioether (sulfide) groups is 1. The summed E-state index contributed by atoms with van der Waals surface area (Å²) in [5.41, 5.74) is 1.06. The Labute approximate surface area is 110 Å². The minimum atomic E-state index is 0.776. The molecule has 18 heavy (non-hydrogen) atoms. The van der Waals surface area contributed by atoms with Crippen LogP contribution in [-0.2, 0) is 6.67 Å². The molecule has 6 heteroatoms. The summed E-state index contributed by atoms with van der Waals surface area (Å²) < 4.78 is 1.88. The highest BCUT2D eigenvalue weighted by molar-refractivity contribution is 7.99. The lowest BCUT2D eigenvalue weighted by atomic mass is 10.2. The first-order chi connectivity index (χ1) is 8.93. The SMILES string of the molecule is c1ccc(-c2nnnn2CN2CCSCC2)cc1. The van der Waals surface area contributed by atoms with Crippen molar-refractivity contribution in [1.82, 2.24) is 25.1 Å². The summed E-state index contributed by atoms with van der Waals surface area (Å²) in [5.74, 6) is 3.24. The van der Waals surface area contributed by atoms with E-state index in [1.165, 1.54) is 11.5 Å². The van der Waals surface area contributed by atoms with E-state index in [1.54, 1.807) is 0 Å². The smallest absolute Gasteiger partial charge is 0.183 e. The van der Waals surface area contributed by atoms with Crippen LogP contribution in [0.2, 0.25) is 0 Å². The van der Waals surface area contributed by atoms with Gasteiger partial charge in [0.25, 0.3) is 0 Å². The quantitative estimate of drug-likeness (QED) is 0.834. The number of aromatic nitrogens is 4. The Kier molecular flexibility index (Phi) is 3.56. The maximum atomic E-state index is 4.12. The second kappa shape index (κ2) is 5.49. The molecule has 0 N–H and O–H groups in total. The fourth-order valence-electron chi connectivity index (χ4n) is 2.03. The molecule has 0 bridgehead atoms. The molecule has 0 atom stereocenters. The molecule has 0 amide bonds. The molecule has 1 aliphatic heterocycles. The maximum absolute atomic E-state index is 4.12. The average molecular weight is 261 g/mol. The van der Waals surface area contributed by atoms with Gasteiger partial charge < -0.3 is 0 Å². The minimum absolute atomic E-state index is 0.776. The number of rotatable bonds is 3. The second-order valence-corrected chi connectivity index (χ2v) is 5.46. The topological polar surface area (TPSA) is 46.8 Å². The van der Waals surface area contributed by atoms with Crippen molar-refractivity contribution in [3.63, 3.8) is 0 Å². The van der Waals surface area contributed by atoms with Crippen LogP contribution in [0.15, 0.2) is 30.3 Å². The monoisotopic (exact) mass is 261 g/mol. The van der Waals surface area contributed by atoms with Crippen molar-refractivity contribution in [3.8, 4) is 11.4 Å². The van der Waals surface area contributed by atoms with Crippen molar-refractivity contribution in [1.29, 1.82) is 0 Å². The van der Waals surface area contributed by atoms with Crippen LogP contribution in [-0.4, -0.2) is 49.7 Å². The molecule has 2 aromatic rings. The zero-order valence-electron chi connectivity index (χ0n) is 10.1. The van der Waals surface area contributed by atoms with Crippen molar-refractivity contribution in [3.05, 3.63) is 30.3 Å². The Hall–Kier alpha value is -1.40. The third kappa shape index (κ3) is 2.54. The van der Waals surface area contributed by atoms with E-state index in [0.717, 1.165) is 31.1 Å². The summed E-state index contributed by atoms with van der Waals surface area (Å²) in [6.07, 6.45) is 0. The molecule has 1 aliphatic rings. The first-order valence-corrected chi connectivity index (χ1v) is 7.20. The number of nitrogens with zero attached hydrogens (tertiary/aromatic N) is 5. The highest BCUT2D eigenvalue weighted by Crippen LogP contribution is 2.16. The summed E-state index contributed by atoms with van der Waals surface area (Å²) >= 11 is 2.01. The molecule has 5 nitrogen and oxygen atoms in total. The van der Waals surface area contributed by atoms with Gasteiger partial charge in [-0.05, 0) is 10.4 Å². The highest BCUT2D eigenvalue weighted by atomic mass is 32.2. The summed E-state index contributed by atoms with van der Waals surface area (Å²) in [6.45, 7) is 3.00. The van der Waals surface area contributed by atoms with E-state index in [-0.39, 0.29) is 0 Å². The van der Waals surface area contributed by atoms with Gasteiger partial charge in [-0.25, -0.2) is 4.68 Å². The summed E-state index contributed by atoms with van der Waals surface area (Å²) in [7, 11) is 0. The fraction of sp³-hybridized carbons (Fsp3) is 0.417. The van der Waals surface area contributed by atoms with E-state index in [0.29, 0.717) is 0 Å². The maximum Gasteiger partial charge on any atom is 0.183 e. The highest BCUT2D eigenvalue weighted by Gasteiger charge is 2.14. The molecular weight excluding hydrogens is 246 g/mol. The van der Waals surface area contributed by atoms with E-state index >= 15 is 0 Å². The van der Waals surface area contributed by atoms with Gasteiger partial charge in [-0.1, -0.05) is 30.3 Å². The minimum Gasteiger partial charge on any atom is -0.283 e. The van der Waals surface area contributed by atoms with Gasteiger partial charge in [-0.15, -0.1) is 5.10 Å². The first-order valence-electron chi connectivity index (χ1n) is 6.05. The molecule has 1 aromatic carbocycles. The lowest BCUT2D eigenvalue weighted by molar-refractivity contribution is 0.227. The number of tetrazole rings is 1. The van der Waals surface area contributed by atoms with Crippen LogP contribution in [0.25, 0.3) is 11.4 Å². The van der Waals surface area contributed by atoms with Crippen molar-refractivity contribution < 1.29 is 0 Å². The summed E-state index contributed by atoms with van der Waals surface area (Å²) in [5, 5.41) is 12.0. The van der Waals surface area contributed by atoms with Crippen LogP contribution in [0, 0.1) is 0 Å². The van der Waals surface area contributed by atoms with Crippen LogP contribution in [0.3, 0.4) is 0 Å². The third-order valence-corrected chi connectivity index (χ3v) is 3.94. The zero-order valence-corrected chi connectivity index (χ0v) is 10.9. The normalized spacial score (nSPS) is 16.9. The van der Waals surface area contributed by atoms with Crippen molar-refractivity contribution >= 4 is 11.8 Å². The van der Waals surface area contributed by atoms with Crippen LogP contribution < -0.4 is 0 Å². The van der Waals surface area contributed by atoms with Gasteiger partial charge in [-0.3, -0.25) is 4.90 Å². The molecule has 0 spiro atoms. The molecule has 2 heterocycles. The van der Waals surface area contributed by atoms with Crippen molar-refractivity contribution in [2.45, 2.75) is 6.67 Å². The molecule has 0 unspecified atom stereocenters. The van der Waals surface area contributed by atoms with Crippen LogP contribution in [0.1, 0.15) is 0 Å². The first kappa shape index (κ1) is 11.7. The summed E-state index contributed by atoms with van der Waals surface area (Å²) in [6, 6.07) is 10.1. The third-order valence-electron chi connectivity index (χ3n) is 3.00. The van der Waals surface area contributed by atoms with Crippen molar-refractivity contribution in [2.75, 3.05) is 24.6 Å². The van der Waals surface area contributed by atoms with E-state index in [4.69, 9.17) is 0 Å². The Balaban J connectivity index is 1.79. The van der Waals surface area contributed by atoms with Crippen LogP contribution in [0.5, 0.6) is 0 Å². The molecule has 3 rings (SSSR count). The van der Waals surface area contributed by atoms with E-state index < -0.39 is 0 Å². The van der Waals surface area contributed by atoms with Gasteiger partial charge in [0.1, 0.15) is 0 Å². The van der Waals surface area contributed by atoms with E-state index in [2.05, 4.69) is 20.4 Å². The Bertz CT molecular complexity index is 492. The van der Waals surface area contributed by atoms with Gasteiger partial charge in [0.15, 0.2) is 5.82 Å². The molecule has 1 aromatic heterocycles. The van der Waals surface area contributed by atoms with Gasteiger partial charge >= 0.3 is 0 Å². The molecule has 94 valence electrons. The molecule has 0 radical (unpaired) electrons. The second-order valence-electron chi connectivity index (χ2n) is 4.24. The van der Waals surface area contributed by atoms with Gasteiger partial charge in [0.05, 0.1) is 6.67 Å². The molecule has 1 fully saturated rings. The van der Waals surface area contributed by atoms with Gasteiger partial charge in [-0.2, -0.15) is 11.8 Å². The number of hydrogen-bond donors (Lipinski definition) is 0. The molecule has 0 saturated carbocycles. The fourth-order valence-corrected chi connectivity index (χ4v) is 3.00. The Morgan fingerprint density at radius 1 is 1.11 bits per heavy atom. The Morgan fingerprint density at radius 2 is 1.89 bits per heavy atom. The van der Waals surface area contributed by atoms with Crippen LogP contribution in [0.4, 0.5) is 0 Å². The van der Waals surface area contributed by atoms with Gasteiger partial charge in [0.2, 0.25) is 0 Å². The number of benzene rings is 1. The zero-order chi connectivity index (χ0) is 12.2. The van der Waals surface area contributed by atoms with E-state index in [1.807, 2.05) is 46.8 Å². The lowest BCUT2D eigenvalue weighted by Crippen LogP contribution is -2.34. The summed E-state index contributed by atoms with van der Waals surface area (Å²) in [4.78, 5) is 2.39. The number of hydrogen-bond acceptors (Lipinski definition) is 5. The standard InChI is InChI=1S/C12H15N5S/c1-2-4-11(5-3-1)12-13-14-15-17(12)10-16-6-8-18-9-7-16/h1-5H,6-10H2. The van der Waals surface area contributed by atoms with Crippen LogP contribution >= 0.6 is 11.8 Å². The van der Waals surface area contributed by atoms with Crippen molar-refractivity contribution in [2.24, 2.45) is 0 Å². The molecule has 0 aliphatic carbocycles. The van der Waals surface area contributed by atoms with Gasteiger partial charge in [0, 0.05) is 30.2 Å². The average Bonchev–Trinajstić information content (AvgIpc) is 2.89. The molecular formula is C12H15N5S. The predicted octanol–water partition coefficient (Wildman–Crippen LogP) is 1.35. The lowest BCUT2D eigenvalue weighted by Gasteiger charge is -2.25. The van der Waals surface area contributed by atoms with E-state index in [9.17, 15) is 0 Å². The predicted molar refractivity (Wildman–Crippen MR) is 72.2 cm³/mol.